The summed E-state index contributed by atoms with van der Waals surface area (Å²) >= 11 is 0. The zero-order valence-corrected chi connectivity index (χ0v) is 23.3. The largest absolute Gasteiger partial charge is 0.469 e. The van der Waals surface area contributed by atoms with Gasteiger partial charge in [-0.25, -0.2) is 0 Å². The molecule has 0 saturated carbocycles. The molecule has 0 aliphatic carbocycles. The molecule has 0 aromatic carbocycles. The van der Waals surface area contributed by atoms with Crippen molar-refractivity contribution in [2.75, 3.05) is 26.8 Å². The number of esters is 1. The van der Waals surface area contributed by atoms with Crippen LogP contribution in [0.15, 0.2) is 0 Å². The van der Waals surface area contributed by atoms with E-state index in [1.807, 2.05) is 20.8 Å². The van der Waals surface area contributed by atoms with Gasteiger partial charge >= 0.3 is 5.97 Å². The Morgan fingerprint density at radius 2 is 1.66 bits per heavy atom. The maximum absolute atomic E-state index is 13.6. The van der Waals surface area contributed by atoms with Crippen molar-refractivity contribution in [1.29, 1.82) is 5.41 Å². The molecule has 3 amide bonds. The van der Waals surface area contributed by atoms with Crippen molar-refractivity contribution in [3.63, 3.8) is 0 Å². The molecule has 2 heterocycles. The van der Waals surface area contributed by atoms with Gasteiger partial charge in [-0.2, -0.15) is 0 Å². The van der Waals surface area contributed by atoms with Crippen LogP contribution in [0.4, 0.5) is 0 Å². The number of guanidine groups is 1. The van der Waals surface area contributed by atoms with Crippen LogP contribution in [0.1, 0.15) is 78.6 Å². The molecule has 2 aliphatic heterocycles. The van der Waals surface area contributed by atoms with Gasteiger partial charge in [0.2, 0.25) is 17.7 Å². The third kappa shape index (κ3) is 8.31. The summed E-state index contributed by atoms with van der Waals surface area (Å²) in [6.07, 6.45) is 4.62. The van der Waals surface area contributed by atoms with E-state index in [1.54, 1.807) is 4.90 Å². The van der Waals surface area contributed by atoms with Crippen molar-refractivity contribution in [3.8, 4) is 0 Å². The SMILES string of the molecule is CCCC(CCC)C(=O)N[C@@H](CC(=O)OC)C(=O)N1CCC[C@H]1C(=O)N[C@H]1CCCN(C(=N)N)C1OCC. The zero-order valence-electron chi connectivity index (χ0n) is 23.3. The van der Waals surface area contributed by atoms with Crippen molar-refractivity contribution in [1.82, 2.24) is 20.4 Å². The first-order valence-corrected chi connectivity index (χ1v) is 13.9. The number of likely N-dealkylation sites (tertiary alicyclic amines) is 2. The number of nitrogens with two attached hydrogens (primary N) is 1. The molecule has 0 aromatic rings. The van der Waals surface area contributed by atoms with Gasteiger partial charge < -0.3 is 35.6 Å². The van der Waals surface area contributed by atoms with E-state index >= 15 is 0 Å². The Bertz CT molecular complexity index is 833. The van der Waals surface area contributed by atoms with E-state index in [-0.39, 0.29) is 30.1 Å². The molecule has 2 rings (SSSR count). The van der Waals surface area contributed by atoms with Gasteiger partial charge in [-0.15, -0.1) is 0 Å². The quantitative estimate of drug-likeness (QED) is 0.153. The number of carbonyl (C=O) groups is 4. The Kier molecular flexibility index (Phi) is 12.8. The number of methoxy groups -OCH3 is 1. The average Bonchev–Trinajstić information content (AvgIpc) is 3.38. The normalized spacial score (nSPS) is 22.2. The molecule has 5 N–H and O–H groups in total. The summed E-state index contributed by atoms with van der Waals surface area (Å²) in [4.78, 5) is 55.3. The lowest BCUT2D eigenvalue weighted by Gasteiger charge is -2.41. The van der Waals surface area contributed by atoms with Crippen LogP contribution in [0.25, 0.3) is 0 Å². The van der Waals surface area contributed by atoms with Gasteiger partial charge in [0.1, 0.15) is 12.1 Å². The highest BCUT2D eigenvalue weighted by atomic mass is 16.5. The first-order valence-electron chi connectivity index (χ1n) is 13.9. The van der Waals surface area contributed by atoms with Crippen LogP contribution < -0.4 is 16.4 Å². The standard InChI is InChI=1S/C26H46N6O6/c1-5-10-17(11-6-2)22(34)30-19(16-21(33)37-4)24(36)31-14-9-13-20(31)23(35)29-18-12-8-15-32(26(27)28)25(18)38-7-3/h17-20,25H,5-16H2,1-4H3,(H3,27,28)(H,29,35)(H,30,34)/t18-,19-,20-,25?/m0/s1. The summed E-state index contributed by atoms with van der Waals surface area (Å²) in [5, 5.41) is 13.7. The van der Waals surface area contributed by atoms with Crippen LogP contribution in [0.5, 0.6) is 0 Å². The third-order valence-corrected chi connectivity index (χ3v) is 7.24. The highest BCUT2D eigenvalue weighted by Gasteiger charge is 2.41. The van der Waals surface area contributed by atoms with Crippen LogP contribution in [-0.2, 0) is 28.7 Å². The molecule has 0 aromatic heterocycles. The highest BCUT2D eigenvalue weighted by Crippen LogP contribution is 2.23. The number of hydrogen-bond acceptors (Lipinski definition) is 7. The first kappa shape index (κ1) is 31.3. The Hall–Kier alpha value is -2.89. The number of ether oxygens (including phenoxy) is 2. The van der Waals surface area contributed by atoms with Crippen LogP contribution in [-0.4, -0.2) is 90.6 Å². The number of amides is 3. The minimum atomic E-state index is -1.11. The van der Waals surface area contributed by atoms with E-state index < -0.39 is 36.2 Å². The van der Waals surface area contributed by atoms with Crippen molar-refractivity contribution in [2.24, 2.45) is 11.7 Å². The summed E-state index contributed by atoms with van der Waals surface area (Å²) in [5.41, 5.74) is 5.74. The maximum atomic E-state index is 13.6. The fourth-order valence-corrected chi connectivity index (χ4v) is 5.37. The molecule has 0 radical (unpaired) electrons. The predicted octanol–water partition coefficient (Wildman–Crippen LogP) is 1.08. The number of piperidine rings is 1. The van der Waals surface area contributed by atoms with Crippen molar-refractivity contribution in [3.05, 3.63) is 0 Å². The second kappa shape index (κ2) is 15.5. The molecule has 12 nitrogen and oxygen atoms in total. The number of hydrogen-bond donors (Lipinski definition) is 4. The summed E-state index contributed by atoms with van der Waals surface area (Å²) in [6.45, 7) is 7.13. The van der Waals surface area contributed by atoms with Crippen molar-refractivity contribution < 1.29 is 28.7 Å². The molecule has 4 atom stereocenters. The van der Waals surface area contributed by atoms with E-state index in [0.29, 0.717) is 51.8 Å². The molecule has 2 fully saturated rings. The Labute approximate surface area is 225 Å². The molecule has 12 heteroatoms. The number of rotatable bonds is 13. The number of nitrogens with zero attached hydrogens (tertiary/aromatic N) is 2. The van der Waals surface area contributed by atoms with Crippen LogP contribution >= 0.6 is 0 Å². The Morgan fingerprint density at radius 1 is 1.03 bits per heavy atom. The van der Waals surface area contributed by atoms with Crippen LogP contribution in [0.2, 0.25) is 0 Å². The first-order chi connectivity index (χ1) is 18.2. The topological polar surface area (TPSA) is 167 Å². The van der Waals surface area contributed by atoms with Crippen LogP contribution in [0, 0.1) is 11.3 Å². The Balaban J connectivity index is 2.18. The Morgan fingerprint density at radius 3 is 2.24 bits per heavy atom. The number of carbonyl (C=O) groups excluding carboxylic acids is 4. The van der Waals surface area contributed by atoms with E-state index in [2.05, 4.69) is 10.6 Å². The van der Waals surface area contributed by atoms with Gasteiger partial charge in [0.15, 0.2) is 12.2 Å². The molecule has 2 aliphatic rings. The van der Waals surface area contributed by atoms with Gasteiger partial charge in [0, 0.05) is 25.6 Å². The molecule has 38 heavy (non-hydrogen) atoms. The molecular weight excluding hydrogens is 492 g/mol. The van der Waals surface area contributed by atoms with E-state index in [1.165, 1.54) is 12.0 Å². The lowest BCUT2D eigenvalue weighted by molar-refractivity contribution is -0.148. The van der Waals surface area contributed by atoms with Crippen molar-refractivity contribution in [2.45, 2.75) is 103 Å². The lowest BCUT2D eigenvalue weighted by atomic mass is 9.96. The third-order valence-electron chi connectivity index (χ3n) is 7.24. The highest BCUT2D eigenvalue weighted by molar-refractivity contribution is 5.95. The minimum absolute atomic E-state index is 0.120. The fraction of sp³-hybridized carbons (Fsp3) is 0.808. The van der Waals surface area contributed by atoms with E-state index in [4.69, 9.17) is 20.6 Å². The zero-order chi connectivity index (χ0) is 28.2. The van der Waals surface area contributed by atoms with E-state index in [9.17, 15) is 19.2 Å². The summed E-state index contributed by atoms with van der Waals surface area (Å²) in [5.74, 6) is -2.04. The van der Waals surface area contributed by atoms with Crippen LogP contribution in [0.3, 0.4) is 0 Å². The second-order valence-electron chi connectivity index (χ2n) is 9.99. The number of nitrogens with one attached hydrogen (secondary N) is 3. The summed E-state index contributed by atoms with van der Waals surface area (Å²) < 4.78 is 10.6. The smallest absolute Gasteiger partial charge is 0.308 e. The van der Waals surface area contributed by atoms with Gasteiger partial charge in [-0.3, -0.25) is 24.6 Å². The molecular formula is C26H46N6O6. The summed E-state index contributed by atoms with van der Waals surface area (Å²) in [7, 11) is 1.23. The van der Waals surface area contributed by atoms with Gasteiger partial charge in [0.05, 0.1) is 19.6 Å². The second-order valence-corrected chi connectivity index (χ2v) is 9.99. The predicted molar refractivity (Wildman–Crippen MR) is 142 cm³/mol. The van der Waals surface area contributed by atoms with E-state index in [0.717, 1.165) is 19.3 Å². The van der Waals surface area contributed by atoms with Gasteiger partial charge in [0.25, 0.3) is 0 Å². The molecule has 0 spiro atoms. The monoisotopic (exact) mass is 538 g/mol. The molecule has 2 saturated heterocycles. The average molecular weight is 539 g/mol. The molecule has 1 unspecified atom stereocenters. The molecule has 0 bridgehead atoms. The maximum Gasteiger partial charge on any atom is 0.308 e. The van der Waals surface area contributed by atoms with Crippen molar-refractivity contribution >= 4 is 29.7 Å². The lowest BCUT2D eigenvalue weighted by Crippen LogP contribution is -2.62. The molecule has 216 valence electrons. The van der Waals surface area contributed by atoms with Gasteiger partial charge in [-0.1, -0.05) is 26.7 Å². The van der Waals surface area contributed by atoms with Gasteiger partial charge in [-0.05, 0) is 45.4 Å². The minimum Gasteiger partial charge on any atom is -0.469 e. The summed E-state index contributed by atoms with van der Waals surface area (Å²) in [6, 6.07) is -2.25. The fourth-order valence-electron chi connectivity index (χ4n) is 5.37.